The van der Waals surface area contributed by atoms with Gasteiger partial charge in [-0.05, 0) is 24.6 Å². The fourth-order valence-electron chi connectivity index (χ4n) is 3.12. The van der Waals surface area contributed by atoms with Gasteiger partial charge in [0.15, 0.2) is 0 Å². The molecule has 0 aliphatic heterocycles. The molecule has 0 fully saturated rings. The van der Waals surface area contributed by atoms with Crippen LogP contribution in [0.3, 0.4) is 0 Å². The Morgan fingerprint density at radius 3 is 2.76 bits per heavy atom. The molecule has 34 heavy (non-hydrogen) atoms. The van der Waals surface area contributed by atoms with Crippen molar-refractivity contribution in [3.05, 3.63) is 59.9 Å². The van der Waals surface area contributed by atoms with E-state index in [1.807, 2.05) is 0 Å². The van der Waals surface area contributed by atoms with Crippen LogP contribution in [0.15, 0.2) is 47.2 Å². The third kappa shape index (κ3) is 5.30. The maximum absolute atomic E-state index is 12.9. The largest absolute Gasteiger partial charge is 0.573 e. The van der Waals surface area contributed by atoms with Gasteiger partial charge in [0, 0.05) is 36.4 Å². The molecule has 1 aromatic carbocycles. The minimum absolute atomic E-state index is 0.0653. The van der Waals surface area contributed by atoms with Gasteiger partial charge in [0.25, 0.3) is 5.91 Å². The van der Waals surface area contributed by atoms with Crippen molar-refractivity contribution in [2.75, 3.05) is 5.32 Å². The highest BCUT2D eigenvalue weighted by Gasteiger charge is 2.31. The van der Waals surface area contributed by atoms with Gasteiger partial charge in [0.1, 0.15) is 17.1 Å². The number of halogens is 5. The number of rotatable bonds is 7. The zero-order valence-corrected chi connectivity index (χ0v) is 17.4. The van der Waals surface area contributed by atoms with Crippen LogP contribution < -0.4 is 10.1 Å². The average molecular weight is 481 g/mol. The van der Waals surface area contributed by atoms with Crippen molar-refractivity contribution in [3.8, 4) is 17.1 Å². The number of amides is 1. The van der Waals surface area contributed by atoms with Crippen molar-refractivity contribution in [2.24, 2.45) is 0 Å². The molecular weight excluding hydrogens is 465 g/mol. The summed E-state index contributed by atoms with van der Waals surface area (Å²) in [4.78, 5) is 20.9. The van der Waals surface area contributed by atoms with Gasteiger partial charge in [-0.15, -0.1) is 13.2 Å². The number of nitrogens with zero attached hydrogens (tertiary/aromatic N) is 4. The Kier molecular flexibility index (Phi) is 6.18. The Labute approximate surface area is 188 Å². The van der Waals surface area contributed by atoms with E-state index in [0.717, 1.165) is 12.1 Å². The summed E-state index contributed by atoms with van der Waals surface area (Å²) in [6, 6.07) is 7.09. The van der Waals surface area contributed by atoms with Crippen LogP contribution in [-0.4, -0.2) is 38.2 Å². The second-order valence-corrected chi connectivity index (χ2v) is 7.21. The summed E-state index contributed by atoms with van der Waals surface area (Å²) in [6.07, 6.45) is -5.35. The maximum Gasteiger partial charge on any atom is 0.573 e. The molecule has 0 saturated heterocycles. The number of ether oxygens (including phenoxy) is 1. The Morgan fingerprint density at radius 2 is 2.03 bits per heavy atom. The molecule has 0 unspecified atom stereocenters. The van der Waals surface area contributed by atoms with E-state index in [4.69, 9.17) is 4.52 Å². The van der Waals surface area contributed by atoms with Crippen LogP contribution in [0.25, 0.3) is 17.0 Å². The van der Waals surface area contributed by atoms with Crippen LogP contribution in [0, 0.1) is 6.92 Å². The zero-order chi connectivity index (χ0) is 24.5. The topological polar surface area (TPSA) is 94.6 Å². The van der Waals surface area contributed by atoms with Crippen molar-refractivity contribution in [1.29, 1.82) is 0 Å². The molecular formula is C21H16F5N5O3. The van der Waals surface area contributed by atoms with E-state index in [0.29, 0.717) is 16.8 Å². The van der Waals surface area contributed by atoms with Crippen molar-refractivity contribution in [3.63, 3.8) is 0 Å². The third-order valence-electron chi connectivity index (χ3n) is 4.74. The lowest BCUT2D eigenvalue weighted by Gasteiger charge is -2.10. The fourth-order valence-corrected chi connectivity index (χ4v) is 3.12. The molecule has 1 N–H and O–H groups in total. The number of nitrogens with one attached hydrogen (secondary N) is 1. The van der Waals surface area contributed by atoms with E-state index in [1.165, 1.54) is 16.8 Å². The van der Waals surface area contributed by atoms with Gasteiger partial charge in [-0.3, -0.25) is 9.20 Å². The summed E-state index contributed by atoms with van der Waals surface area (Å²) in [7, 11) is 0. The summed E-state index contributed by atoms with van der Waals surface area (Å²) in [5.41, 5.74) is 1.76. The molecule has 4 aromatic rings. The molecule has 0 atom stereocenters. The first-order valence-corrected chi connectivity index (χ1v) is 9.85. The minimum atomic E-state index is -4.85. The first kappa shape index (κ1) is 23.1. The molecule has 13 heteroatoms. The summed E-state index contributed by atoms with van der Waals surface area (Å²) in [5.74, 6) is -0.787. The van der Waals surface area contributed by atoms with E-state index < -0.39 is 30.9 Å². The number of aromatic nitrogens is 4. The number of hydrogen-bond donors (Lipinski definition) is 1. The molecule has 3 heterocycles. The van der Waals surface area contributed by atoms with Gasteiger partial charge in [-0.1, -0.05) is 17.3 Å². The molecule has 0 saturated carbocycles. The van der Waals surface area contributed by atoms with E-state index in [-0.39, 0.29) is 29.5 Å². The van der Waals surface area contributed by atoms with Crippen molar-refractivity contribution < 1.29 is 36.0 Å². The van der Waals surface area contributed by atoms with Crippen LogP contribution >= 0.6 is 0 Å². The van der Waals surface area contributed by atoms with Gasteiger partial charge in [-0.2, -0.15) is 4.98 Å². The lowest BCUT2D eigenvalue weighted by Crippen LogP contribution is -2.17. The highest BCUT2D eigenvalue weighted by Crippen LogP contribution is 2.26. The van der Waals surface area contributed by atoms with Gasteiger partial charge in [0.05, 0.1) is 6.20 Å². The van der Waals surface area contributed by atoms with Crippen LogP contribution in [0.5, 0.6) is 5.75 Å². The van der Waals surface area contributed by atoms with Crippen LogP contribution in [0.4, 0.5) is 27.6 Å². The van der Waals surface area contributed by atoms with Crippen LogP contribution in [0.1, 0.15) is 28.4 Å². The molecule has 0 aliphatic carbocycles. The van der Waals surface area contributed by atoms with Crippen LogP contribution in [0.2, 0.25) is 0 Å². The normalized spacial score (nSPS) is 11.9. The fraction of sp³-hybridized carbons (Fsp3) is 0.238. The zero-order valence-electron chi connectivity index (χ0n) is 17.4. The maximum atomic E-state index is 12.9. The monoisotopic (exact) mass is 481 g/mol. The van der Waals surface area contributed by atoms with E-state index >= 15 is 0 Å². The van der Waals surface area contributed by atoms with Gasteiger partial charge in [-0.25, -0.2) is 13.8 Å². The van der Waals surface area contributed by atoms with Crippen molar-refractivity contribution in [2.45, 2.75) is 32.6 Å². The molecule has 4 rings (SSSR count). The van der Waals surface area contributed by atoms with Crippen molar-refractivity contribution >= 4 is 17.2 Å². The van der Waals surface area contributed by atoms with E-state index in [2.05, 4.69) is 25.2 Å². The quantitative estimate of drug-likeness (QED) is 0.372. The Bertz CT molecular complexity index is 1330. The summed E-state index contributed by atoms with van der Waals surface area (Å²) < 4.78 is 72.2. The van der Waals surface area contributed by atoms with Gasteiger partial charge < -0.3 is 14.6 Å². The summed E-state index contributed by atoms with van der Waals surface area (Å²) in [5, 5.41) is 6.51. The molecule has 0 radical (unpaired) electrons. The predicted octanol–water partition coefficient (Wildman–Crippen LogP) is 5.04. The SMILES string of the molecule is Cc1ccc(-c2noc(CCC(F)F)n2)cc1NC(=O)c1cnc2cc(OC(F)(F)F)ccn12. The number of carbonyl (C=O) groups is 1. The van der Waals surface area contributed by atoms with Gasteiger partial charge in [0.2, 0.25) is 18.1 Å². The Hall–Kier alpha value is -4.03. The number of benzene rings is 1. The smallest absolute Gasteiger partial charge is 0.406 e. The first-order valence-electron chi connectivity index (χ1n) is 9.85. The van der Waals surface area contributed by atoms with Crippen molar-refractivity contribution in [1.82, 2.24) is 19.5 Å². The molecule has 0 aliphatic rings. The highest BCUT2D eigenvalue weighted by atomic mass is 19.4. The lowest BCUT2D eigenvalue weighted by molar-refractivity contribution is -0.274. The van der Waals surface area contributed by atoms with E-state index in [1.54, 1.807) is 25.1 Å². The number of carbonyl (C=O) groups excluding carboxylic acids is 1. The van der Waals surface area contributed by atoms with Gasteiger partial charge >= 0.3 is 6.36 Å². The Morgan fingerprint density at radius 1 is 1.24 bits per heavy atom. The predicted molar refractivity (Wildman–Crippen MR) is 109 cm³/mol. The first-order chi connectivity index (χ1) is 16.1. The molecule has 0 bridgehead atoms. The number of hydrogen-bond acceptors (Lipinski definition) is 6. The third-order valence-corrected chi connectivity index (χ3v) is 4.74. The highest BCUT2D eigenvalue weighted by molar-refractivity contribution is 6.04. The number of aryl methyl sites for hydroxylation is 2. The standard InChI is InChI=1S/C21H16F5N5O3/c1-11-2-3-12(19-29-18(34-30-19)5-4-16(22)23)8-14(11)28-20(32)15-10-27-17-9-13(6-7-31(15)17)33-21(24,25)26/h2-3,6-10,16H,4-5H2,1H3,(H,28,32). The number of imidazole rings is 1. The molecule has 0 spiro atoms. The molecule has 1 amide bonds. The molecule has 3 aromatic heterocycles. The van der Waals surface area contributed by atoms with Crippen LogP contribution in [-0.2, 0) is 6.42 Å². The summed E-state index contributed by atoms with van der Waals surface area (Å²) >= 11 is 0. The average Bonchev–Trinajstić information content (AvgIpc) is 3.39. The van der Waals surface area contributed by atoms with E-state index in [9.17, 15) is 26.7 Å². The Balaban J connectivity index is 1.54. The number of fused-ring (bicyclic) bond motifs is 1. The minimum Gasteiger partial charge on any atom is -0.406 e. The molecule has 8 nitrogen and oxygen atoms in total. The number of alkyl halides is 5. The lowest BCUT2D eigenvalue weighted by atomic mass is 10.1. The second-order valence-electron chi connectivity index (χ2n) is 7.21. The second kappa shape index (κ2) is 9.08. The molecule has 178 valence electrons. The number of anilines is 1. The number of pyridine rings is 1. The summed E-state index contributed by atoms with van der Waals surface area (Å²) in [6.45, 7) is 1.75.